The molecular formula is C40H47FN3O8-. The molecule has 0 saturated heterocycles. The second kappa shape index (κ2) is 19.1. The summed E-state index contributed by atoms with van der Waals surface area (Å²) in [4.78, 5) is 37.2. The fourth-order valence-electron chi connectivity index (χ4n) is 6.37. The predicted molar refractivity (Wildman–Crippen MR) is 193 cm³/mol. The van der Waals surface area contributed by atoms with Gasteiger partial charge in [-0.25, -0.2) is 4.39 Å². The van der Waals surface area contributed by atoms with Crippen molar-refractivity contribution < 1.29 is 44.3 Å². The zero-order valence-corrected chi connectivity index (χ0v) is 29.4. The number of hydrogen-bond acceptors (Lipinski definition) is 8. The van der Waals surface area contributed by atoms with Crippen LogP contribution in [0, 0.1) is 5.82 Å². The van der Waals surface area contributed by atoms with E-state index < -0.39 is 48.5 Å². The third-order valence-electron chi connectivity index (χ3n) is 8.69. The Bertz CT molecular complexity index is 1760. The number of hydrogen-bond donors (Lipinski definition) is 6. The number of aliphatic hydroxyl groups is 4. The van der Waals surface area contributed by atoms with Crippen molar-refractivity contribution in [3.05, 3.63) is 102 Å². The van der Waals surface area contributed by atoms with Gasteiger partial charge in [0, 0.05) is 42.4 Å². The molecule has 6 N–H and O–H groups in total. The van der Waals surface area contributed by atoms with E-state index >= 15 is 0 Å². The molecule has 4 atom stereocenters. The molecule has 2 amide bonds. The number of halogens is 1. The van der Waals surface area contributed by atoms with Crippen molar-refractivity contribution >= 4 is 23.5 Å². The second-order valence-corrected chi connectivity index (χ2v) is 13.3. The highest BCUT2D eigenvalue weighted by Gasteiger charge is 2.31. The number of aliphatic carboxylic acids is 1. The zero-order valence-electron chi connectivity index (χ0n) is 29.4. The van der Waals surface area contributed by atoms with Crippen LogP contribution >= 0.6 is 0 Å². The number of benzene rings is 3. The van der Waals surface area contributed by atoms with E-state index in [2.05, 4.69) is 10.6 Å². The first-order chi connectivity index (χ1) is 24.8. The van der Waals surface area contributed by atoms with Crippen LogP contribution in [0.5, 0.6) is 0 Å². The molecule has 0 saturated carbocycles. The van der Waals surface area contributed by atoms with Crippen LogP contribution in [-0.4, -0.2) is 73.7 Å². The number of carbonyl (C=O) groups excluding carboxylic acids is 3. The molecule has 1 heterocycles. The lowest BCUT2D eigenvalue weighted by Gasteiger charge is -2.20. The maximum Gasteiger partial charge on any atom is 0.258 e. The molecule has 11 nitrogen and oxygen atoms in total. The van der Waals surface area contributed by atoms with E-state index in [1.807, 2.05) is 66.9 Å². The number of rotatable bonds is 19. The quantitative estimate of drug-likeness (QED) is 0.0842. The van der Waals surface area contributed by atoms with Crippen molar-refractivity contribution in [2.24, 2.45) is 0 Å². The van der Waals surface area contributed by atoms with E-state index in [0.717, 1.165) is 5.56 Å². The van der Waals surface area contributed by atoms with Crippen molar-refractivity contribution in [2.45, 2.75) is 89.3 Å². The molecule has 0 aliphatic rings. The highest BCUT2D eigenvalue weighted by molar-refractivity contribution is 6.12. The molecule has 4 rings (SSSR count). The number of para-hydroxylation sites is 1. The molecule has 0 aliphatic heterocycles. The third kappa shape index (κ3) is 11.3. The Morgan fingerprint density at radius 2 is 1.33 bits per heavy atom. The van der Waals surface area contributed by atoms with Crippen molar-refractivity contribution in [3.8, 4) is 22.4 Å². The van der Waals surface area contributed by atoms with Crippen LogP contribution in [0.15, 0.2) is 84.9 Å². The second-order valence-electron chi connectivity index (χ2n) is 13.3. The fourth-order valence-corrected chi connectivity index (χ4v) is 6.37. The normalized spacial score (nSPS) is 13.7. The van der Waals surface area contributed by atoms with Gasteiger partial charge in [0.05, 0.1) is 42.1 Å². The Morgan fingerprint density at radius 1 is 0.750 bits per heavy atom. The van der Waals surface area contributed by atoms with Crippen LogP contribution < -0.4 is 15.7 Å². The molecule has 0 radical (unpaired) electrons. The molecule has 0 fully saturated rings. The summed E-state index contributed by atoms with van der Waals surface area (Å²) in [5, 5.41) is 57.5. The van der Waals surface area contributed by atoms with Crippen LogP contribution in [0.2, 0.25) is 0 Å². The van der Waals surface area contributed by atoms with Gasteiger partial charge in [-0.2, -0.15) is 0 Å². The molecule has 0 bridgehead atoms. The Hall–Kier alpha value is -4.88. The number of amides is 2. The number of carboxylic acids is 1. The first-order valence-electron chi connectivity index (χ1n) is 17.5. The molecular weight excluding hydrogens is 669 g/mol. The van der Waals surface area contributed by atoms with Crippen LogP contribution in [-0.2, 0) is 16.1 Å². The van der Waals surface area contributed by atoms with Gasteiger partial charge in [-0.05, 0) is 79.1 Å². The van der Waals surface area contributed by atoms with Gasteiger partial charge >= 0.3 is 0 Å². The van der Waals surface area contributed by atoms with E-state index in [-0.39, 0.29) is 57.0 Å². The minimum atomic E-state index is -1.43. The van der Waals surface area contributed by atoms with Gasteiger partial charge in [-0.1, -0.05) is 62.4 Å². The minimum Gasteiger partial charge on any atom is -0.550 e. The topological polar surface area (TPSA) is 184 Å². The van der Waals surface area contributed by atoms with Gasteiger partial charge in [0.1, 0.15) is 5.82 Å². The van der Waals surface area contributed by atoms with Gasteiger partial charge in [-0.3, -0.25) is 9.59 Å². The molecule has 3 aromatic carbocycles. The van der Waals surface area contributed by atoms with Crippen molar-refractivity contribution in [1.29, 1.82) is 0 Å². The van der Waals surface area contributed by atoms with Gasteiger partial charge in [0.15, 0.2) is 0 Å². The Kier molecular flexibility index (Phi) is 14.7. The number of nitrogens with zero attached hydrogens (tertiary/aromatic N) is 1. The van der Waals surface area contributed by atoms with E-state index in [4.69, 9.17) is 0 Å². The van der Waals surface area contributed by atoms with Crippen LogP contribution in [0.3, 0.4) is 0 Å². The summed E-state index contributed by atoms with van der Waals surface area (Å²) >= 11 is 0. The first-order valence-corrected chi connectivity index (χ1v) is 17.5. The molecule has 1 aromatic heterocycles. The SMILES string of the molecule is CC(C)c1c(C(=O)Nc2ccccc2)c(-c2ccccc2)c(-c2ccc(F)cc2)n1CC[C@@H](O)C[C@@H](O)CC(=O)NCC[C@@H](O)C[C@@H](O)CC(=O)[O-]. The summed E-state index contributed by atoms with van der Waals surface area (Å²) in [6.07, 6.45) is -5.49. The Balaban J connectivity index is 1.55. The maximum atomic E-state index is 14.2. The van der Waals surface area contributed by atoms with Gasteiger partial charge in [0.2, 0.25) is 5.91 Å². The number of aliphatic hydroxyl groups excluding tert-OH is 4. The van der Waals surface area contributed by atoms with E-state index in [1.165, 1.54) is 12.1 Å². The van der Waals surface area contributed by atoms with Crippen molar-refractivity contribution in [1.82, 2.24) is 9.88 Å². The smallest absolute Gasteiger partial charge is 0.258 e. The monoisotopic (exact) mass is 716 g/mol. The maximum absolute atomic E-state index is 14.2. The standard InChI is InChI=1S/C40H48FN3O8/c1-25(2)38-37(40(52)43-29-11-7-4-8-12-29)36(26-9-5-3-6-10-26)39(27-13-15-28(41)16-14-27)44(38)20-18-31(46)22-32(47)23-34(49)42-19-17-30(45)21-33(48)24-35(50)51/h3-16,25,30-33,45-48H,17-24H2,1-2H3,(H,42,49)(H,43,52)(H,50,51)/p-1/t30-,31-,32-,33-/m1/s1. The van der Waals surface area contributed by atoms with Gasteiger partial charge in [0.25, 0.3) is 5.91 Å². The third-order valence-corrected chi connectivity index (χ3v) is 8.69. The summed E-state index contributed by atoms with van der Waals surface area (Å²) < 4.78 is 16.2. The zero-order chi connectivity index (χ0) is 37.8. The lowest BCUT2D eigenvalue weighted by molar-refractivity contribution is -0.307. The summed E-state index contributed by atoms with van der Waals surface area (Å²) in [5.74, 6) is -2.82. The fraction of sp³-hybridized carbons (Fsp3) is 0.375. The Morgan fingerprint density at radius 3 is 1.92 bits per heavy atom. The lowest BCUT2D eigenvalue weighted by Crippen LogP contribution is -2.33. The number of anilines is 1. The van der Waals surface area contributed by atoms with Crippen molar-refractivity contribution in [3.63, 3.8) is 0 Å². The number of carboxylic acid groups (broad SMARTS) is 1. The average Bonchev–Trinajstić information content (AvgIpc) is 3.43. The van der Waals surface area contributed by atoms with Gasteiger partial charge < -0.3 is 45.5 Å². The first kappa shape index (κ1) is 39.9. The van der Waals surface area contributed by atoms with Crippen molar-refractivity contribution in [2.75, 3.05) is 11.9 Å². The van der Waals surface area contributed by atoms with E-state index in [0.29, 0.717) is 33.8 Å². The highest BCUT2D eigenvalue weighted by Crippen LogP contribution is 2.42. The molecule has 278 valence electrons. The summed E-state index contributed by atoms with van der Waals surface area (Å²) in [6, 6.07) is 24.6. The molecule has 0 aliphatic carbocycles. The van der Waals surface area contributed by atoms with Crippen LogP contribution in [0.25, 0.3) is 22.4 Å². The average molecular weight is 717 g/mol. The largest absolute Gasteiger partial charge is 0.550 e. The highest BCUT2D eigenvalue weighted by atomic mass is 19.1. The summed E-state index contributed by atoms with van der Waals surface area (Å²) in [5.41, 5.74) is 4.58. The van der Waals surface area contributed by atoms with E-state index in [1.54, 1.807) is 24.3 Å². The van der Waals surface area contributed by atoms with Gasteiger partial charge in [-0.15, -0.1) is 0 Å². The molecule has 12 heteroatoms. The molecule has 0 unspecified atom stereocenters. The minimum absolute atomic E-state index is 0.0367. The van der Waals surface area contributed by atoms with E-state index in [9.17, 15) is 44.3 Å². The Labute approximate surface area is 302 Å². The predicted octanol–water partition coefficient (Wildman–Crippen LogP) is 3.99. The lowest BCUT2D eigenvalue weighted by atomic mass is 9.94. The number of nitrogens with one attached hydrogen (secondary N) is 2. The number of aromatic nitrogens is 1. The summed E-state index contributed by atoms with van der Waals surface area (Å²) in [7, 11) is 0. The van der Waals surface area contributed by atoms with Crippen LogP contribution in [0.4, 0.5) is 10.1 Å². The molecule has 4 aromatic rings. The number of carbonyl (C=O) groups is 3. The molecule has 52 heavy (non-hydrogen) atoms. The molecule has 0 spiro atoms. The summed E-state index contributed by atoms with van der Waals surface area (Å²) in [6.45, 7) is 4.22. The van der Waals surface area contributed by atoms with Crippen LogP contribution in [0.1, 0.15) is 74.3 Å².